The van der Waals surface area contributed by atoms with Crippen LogP contribution in [0.1, 0.15) is 23.6 Å². The van der Waals surface area contributed by atoms with Crippen LogP contribution in [-0.2, 0) is 14.8 Å². The Balaban J connectivity index is 1.90. The molecule has 1 amide bonds. The molecule has 0 saturated carbocycles. The second kappa shape index (κ2) is 10.7. The second-order valence-electron chi connectivity index (χ2n) is 7.72. The first-order valence-corrected chi connectivity index (χ1v) is 12.3. The van der Waals surface area contributed by atoms with Crippen LogP contribution in [0, 0.1) is 13.8 Å². The normalized spacial score (nSPS) is 11.7. The lowest BCUT2D eigenvalue weighted by Gasteiger charge is -2.25. The van der Waals surface area contributed by atoms with E-state index < -0.39 is 22.5 Å². The van der Waals surface area contributed by atoms with Crippen LogP contribution in [-0.4, -0.2) is 33.7 Å². The van der Waals surface area contributed by atoms with E-state index in [1.807, 2.05) is 19.1 Å². The number of ether oxygens (including phenoxy) is 1. The molecule has 0 aromatic heterocycles. The van der Waals surface area contributed by atoms with Crippen LogP contribution >= 0.6 is 11.6 Å². The Kier molecular flexibility index (Phi) is 7.96. The number of halogens is 1. The van der Waals surface area contributed by atoms with Gasteiger partial charge in [0.25, 0.3) is 15.9 Å². The zero-order valence-corrected chi connectivity index (χ0v) is 20.9. The molecule has 1 N–H and O–H groups in total. The number of methoxy groups -OCH3 is 1. The Morgan fingerprint density at radius 2 is 1.68 bits per heavy atom. The molecule has 0 aliphatic carbocycles. The summed E-state index contributed by atoms with van der Waals surface area (Å²) in [5.41, 5.74) is 5.70. The lowest BCUT2D eigenvalue weighted by Crippen LogP contribution is -2.40. The van der Waals surface area contributed by atoms with Crippen molar-refractivity contribution in [3.05, 3.63) is 88.4 Å². The van der Waals surface area contributed by atoms with Crippen molar-refractivity contribution in [2.45, 2.75) is 25.7 Å². The Hall–Kier alpha value is -3.36. The maximum atomic E-state index is 13.5. The third-order valence-corrected chi connectivity index (χ3v) is 7.20. The Morgan fingerprint density at radius 3 is 2.29 bits per heavy atom. The molecular weight excluding hydrogens is 474 g/mol. The van der Waals surface area contributed by atoms with E-state index in [4.69, 9.17) is 16.3 Å². The van der Waals surface area contributed by atoms with E-state index in [1.165, 1.54) is 18.2 Å². The van der Waals surface area contributed by atoms with Gasteiger partial charge in [0.1, 0.15) is 12.3 Å². The fourth-order valence-corrected chi connectivity index (χ4v) is 4.84. The van der Waals surface area contributed by atoms with E-state index in [2.05, 4.69) is 10.5 Å². The smallest absolute Gasteiger partial charge is 0.264 e. The number of benzene rings is 3. The molecule has 0 atom stereocenters. The molecule has 0 aliphatic rings. The predicted molar refractivity (Wildman–Crippen MR) is 135 cm³/mol. The lowest BCUT2D eigenvalue weighted by atomic mass is 10.1. The van der Waals surface area contributed by atoms with Gasteiger partial charge in [-0.3, -0.25) is 9.10 Å². The van der Waals surface area contributed by atoms with Gasteiger partial charge in [0, 0.05) is 5.02 Å². The third kappa shape index (κ3) is 5.95. The van der Waals surface area contributed by atoms with Gasteiger partial charge >= 0.3 is 0 Å². The van der Waals surface area contributed by atoms with Gasteiger partial charge in [-0.05, 0) is 80.4 Å². The van der Waals surface area contributed by atoms with Crippen molar-refractivity contribution in [2.24, 2.45) is 5.10 Å². The van der Waals surface area contributed by atoms with Crippen LogP contribution in [0.3, 0.4) is 0 Å². The average Bonchev–Trinajstić information content (AvgIpc) is 2.83. The maximum absolute atomic E-state index is 13.5. The standard InChI is InChI=1S/C25H26ClN3O4S/c1-17-5-13-23(14-6-17)34(31,32)29(24-15-21(26)10-7-18(24)2)16-25(30)28-27-19(3)20-8-11-22(33-4)12-9-20/h5-15H,16H2,1-4H3,(H,28,30)/b27-19-. The highest BCUT2D eigenvalue weighted by Crippen LogP contribution is 2.29. The molecule has 178 valence electrons. The van der Waals surface area contributed by atoms with Crippen LogP contribution in [0.5, 0.6) is 5.75 Å². The van der Waals surface area contributed by atoms with Gasteiger partial charge in [0.15, 0.2) is 0 Å². The van der Waals surface area contributed by atoms with Gasteiger partial charge in [-0.25, -0.2) is 13.8 Å². The fraction of sp³-hybridized carbons (Fsp3) is 0.200. The summed E-state index contributed by atoms with van der Waals surface area (Å²) in [5, 5.41) is 4.49. The van der Waals surface area contributed by atoms with Crippen molar-refractivity contribution in [3.8, 4) is 5.75 Å². The van der Waals surface area contributed by atoms with Crippen LogP contribution in [0.15, 0.2) is 76.7 Å². The van der Waals surface area contributed by atoms with E-state index in [0.29, 0.717) is 27.7 Å². The van der Waals surface area contributed by atoms with Crippen molar-refractivity contribution < 1.29 is 17.9 Å². The summed E-state index contributed by atoms with van der Waals surface area (Å²) in [6.45, 7) is 4.89. The number of hydrogen-bond donors (Lipinski definition) is 1. The van der Waals surface area contributed by atoms with E-state index in [0.717, 1.165) is 15.4 Å². The summed E-state index contributed by atoms with van der Waals surface area (Å²) in [6.07, 6.45) is 0. The van der Waals surface area contributed by atoms with Crippen LogP contribution in [0.25, 0.3) is 0 Å². The zero-order valence-electron chi connectivity index (χ0n) is 19.4. The SMILES string of the molecule is COc1ccc(/C(C)=N\NC(=O)CN(c2cc(Cl)ccc2C)S(=O)(=O)c2ccc(C)cc2)cc1. The number of sulfonamides is 1. The fourth-order valence-electron chi connectivity index (χ4n) is 3.20. The van der Waals surface area contributed by atoms with Gasteiger partial charge in [-0.1, -0.05) is 35.4 Å². The molecule has 9 heteroatoms. The number of nitrogens with one attached hydrogen (secondary N) is 1. The number of aryl methyl sites for hydroxylation is 2. The van der Waals surface area contributed by atoms with Crippen molar-refractivity contribution >= 4 is 38.9 Å². The third-order valence-electron chi connectivity index (χ3n) is 5.19. The Bertz CT molecular complexity index is 1300. The van der Waals surface area contributed by atoms with E-state index in [9.17, 15) is 13.2 Å². The number of hydrogen-bond acceptors (Lipinski definition) is 5. The molecule has 3 aromatic rings. The van der Waals surface area contributed by atoms with Gasteiger partial charge < -0.3 is 4.74 Å². The maximum Gasteiger partial charge on any atom is 0.264 e. The number of rotatable bonds is 8. The minimum atomic E-state index is -4.05. The summed E-state index contributed by atoms with van der Waals surface area (Å²) >= 11 is 6.15. The topological polar surface area (TPSA) is 88.1 Å². The molecule has 0 fully saturated rings. The molecule has 0 unspecified atom stereocenters. The Labute approximate surface area is 205 Å². The number of carbonyl (C=O) groups is 1. The first-order chi connectivity index (χ1) is 16.1. The summed E-state index contributed by atoms with van der Waals surface area (Å²) in [5.74, 6) is 0.109. The van der Waals surface area contributed by atoms with Crippen molar-refractivity contribution in [3.63, 3.8) is 0 Å². The monoisotopic (exact) mass is 499 g/mol. The second-order valence-corrected chi connectivity index (χ2v) is 10.0. The first kappa shape index (κ1) is 25.3. The minimum Gasteiger partial charge on any atom is -0.497 e. The molecule has 3 aromatic carbocycles. The Morgan fingerprint density at radius 1 is 1.03 bits per heavy atom. The van der Waals surface area contributed by atoms with E-state index in [1.54, 1.807) is 57.4 Å². The molecule has 34 heavy (non-hydrogen) atoms. The van der Waals surface area contributed by atoms with E-state index in [-0.39, 0.29) is 4.90 Å². The van der Waals surface area contributed by atoms with Gasteiger partial charge in [-0.15, -0.1) is 0 Å². The highest BCUT2D eigenvalue weighted by atomic mass is 35.5. The first-order valence-electron chi connectivity index (χ1n) is 10.4. The molecule has 3 rings (SSSR count). The van der Waals surface area contributed by atoms with Crippen molar-refractivity contribution in [2.75, 3.05) is 18.0 Å². The quantitative estimate of drug-likeness (QED) is 0.359. The molecular formula is C25H26ClN3O4S. The number of amides is 1. The zero-order chi connectivity index (χ0) is 24.9. The summed E-state index contributed by atoms with van der Waals surface area (Å²) in [6, 6.07) is 18.5. The molecule has 0 spiro atoms. The summed E-state index contributed by atoms with van der Waals surface area (Å²) < 4.78 is 33.2. The summed E-state index contributed by atoms with van der Waals surface area (Å²) in [7, 11) is -2.47. The molecule has 0 aliphatic heterocycles. The highest BCUT2D eigenvalue weighted by Gasteiger charge is 2.28. The molecule has 0 bridgehead atoms. The lowest BCUT2D eigenvalue weighted by molar-refractivity contribution is -0.119. The van der Waals surface area contributed by atoms with Crippen LogP contribution in [0.2, 0.25) is 5.02 Å². The average molecular weight is 500 g/mol. The summed E-state index contributed by atoms with van der Waals surface area (Å²) in [4.78, 5) is 12.9. The van der Waals surface area contributed by atoms with Gasteiger partial charge in [-0.2, -0.15) is 5.10 Å². The largest absolute Gasteiger partial charge is 0.497 e. The number of carbonyl (C=O) groups excluding carboxylic acids is 1. The molecule has 0 saturated heterocycles. The highest BCUT2D eigenvalue weighted by molar-refractivity contribution is 7.92. The van der Waals surface area contributed by atoms with E-state index >= 15 is 0 Å². The molecule has 0 radical (unpaired) electrons. The molecule has 7 nitrogen and oxygen atoms in total. The predicted octanol–water partition coefficient (Wildman–Crippen LogP) is 4.70. The number of hydrazone groups is 1. The molecule has 0 heterocycles. The van der Waals surface area contributed by atoms with Gasteiger partial charge in [0.2, 0.25) is 0 Å². The van der Waals surface area contributed by atoms with Gasteiger partial charge in [0.05, 0.1) is 23.4 Å². The minimum absolute atomic E-state index is 0.0724. The van der Waals surface area contributed by atoms with Crippen molar-refractivity contribution in [1.82, 2.24) is 5.43 Å². The number of anilines is 1. The van der Waals surface area contributed by atoms with Crippen LogP contribution in [0.4, 0.5) is 5.69 Å². The number of nitrogens with zero attached hydrogens (tertiary/aromatic N) is 2. The van der Waals surface area contributed by atoms with Crippen molar-refractivity contribution in [1.29, 1.82) is 0 Å². The van der Waals surface area contributed by atoms with Crippen LogP contribution < -0.4 is 14.5 Å².